The van der Waals surface area contributed by atoms with Gasteiger partial charge in [0.2, 0.25) is 0 Å². The Balaban J connectivity index is 1.98. The highest BCUT2D eigenvalue weighted by Gasteiger charge is 2.03. The number of fused-ring (bicyclic) bond motifs is 1. The molecule has 0 radical (unpaired) electrons. The molecule has 0 bridgehead atoms. The maximum Gasteiger partial charge on any atom is 0.198 e. The Hall–Kier alpha value is -2.22. The average molecular weight is 223 g/mol. The highest BCUT2D eigenvalue weighted by atomic mass is 16.5. The van der Waals surface area contributed by atoms with Crippen LogP contribution in [-0.2, 0) is 0 Å². The molecule has 0 atom stereocenters. The average Bonchev–Trinajstić information content (AvgIpc) is 2.74. The third kappa shape index (κ3) is 1.89. The molecule has 0 amide bonds. The number of aromatic nitrogens is 1. The number of H-pyrrole nitrogens is 1. The SMILES string of the molecule is Cc1ccccc1Oc1cc2ccccc2[nH]1. The molecule has 1 N–H and O–H groups in total. The van der Waals surface area contributed by atoms with Crippen LogP contribution in [0.25, 0.3) is 10.9 Å². The number of hydrogen-bond acceptors (Lipinski definition) is 1. The van der Waals surface area contributed by atoms with Gasteiger partial charge in [0.05, 0.1) is 0 Å². The van der Waals surface area contributed by atoms with Crippen LogP contribution in [0.3, 0.4) is 0 Å². The summed E-state index contributed by atoms with van der Waals surface area (Å²) in [6.45, 7) is 2.04. The summed E-state index contributed by atoms with van der Waals surface area (Å²) in [7, 11) is 0. The molecule has 0 unspecified atom stereocenters. The zero-order valence-corrected chi connectivity index (χ0v) is 9.60. The van der Waals surface area contributed by atoms with Gasteiger partial charge < -0.3 is 9.72 Å². The fourth-order valence-corrected chi connectivity index (χ4v) is 1.89. The van der Waals surface area contributed by atoms with Crippen molar-refractivity contribution >= 4 is 10.9 Å². The van der Waals surface area contributed by atoms with Crippen molar-refractivity contribution < 1.29 is 4.74 Å². The van der Waals surface area contributed by atoms with E-state index in [1.807, 2.05) is 55.5 Å². The predicted octanol–water partition coefficient (Wildman–Crippen LogP) is 4.27. The summed E-state index contributed by atoms with van der Waals surface area (Å²) in [4.78, 5) is 3.25. The van der Waals surface area contributed by atoms with E-state index in [-0.39, 0.29) is 0 Å². The predicted molar refractivity (Wildman–Crippen MR) is 69.6 cm³/mol. The summed E-state index contributed by atoms with van der Waals surface area (Å²) in [5.41, 5.74) is 2.22. The Morgan fingerprint density at radius 2 is 1.71 bits per heavy atom. The smallest absolute Gasteiger partial charge is 0.198 e. The second kappa shape index (κ2) is 3.98. The minimum Gasteiger partial charge on any atom is -0.441 e. The normalized spacial score (nSPS) is 10.6. The first-order valence-corrected chi connectivity index (χ1v) is 5.64. The monoisotopic (exact) mass is 223 g/mol. The van der Waals surface area contributed by atoms with E-state index in [1.54, 1.807) is 0 Å². The highest BCUT2D eigenvalue weighted by molar-refractivity contribution is 5.81. The molecule has 0 spiro atoms. The molecule has 0 aliphatic heterocycles. The number of aromatic amines is 1. The van der Waals surface area contributed by atoms with Crippen LogP contribution in [0.5, 0.6) is 11.6 Å². The van der Waals surface area contributed by atoms with E-state index in [0.717, 1.165) is 28.1 Å². The van der Waals surface area contributed by atoms with Crippen LogP contribution in [0.4, 0.5) is 0 Å². The van der Waals surface area contributed by atoms with Gasteiger partial charge in [0.15, 0.2) is 5.88 Å². The number of rotatable bonds is 2. The first-order valence-electron chi connectivity index (χ1n) is 5.64. The molecule has 0 fully saturated rings. The maximum atomic E-state index is 5.84. The molecule has 0 aliphatic rings. The van der Waals surface area contributed by atoms with E-state index in [2.05, 4.69) is 11.1 Å². The topological polar surface area (TPSA) is 25.0 Å². The van der Waals surface area contributed by atoms with Crippen LogP contribution in [0.15, 0.2) is 54.6 Å². The number of aryl methyl sites for hydroxylation is 1. The van der Waals surface area contributed by atoms with Crippen molar-refractivity contribution in [3.05, 3.63) is 60.2 Å². The molecule has 3 rings (SSSR count). The minimum atomic E-state index is 0.778. The largest absolute Gasteiger partial charge is 0.441 e. The molecule has 0 saturated carbocycles. The van der Waals surface area contributed by atoms with E-state index in [9.17, 15) is 0 Å². The van der Waals surface area contributed by atoms with Crippen molar-refractivity contribution in [3.63, 3.8) is 0 Å². The molecule has 2 heteroatoms. The summed E-state index contributed by atoms with van der Waals surface area (Å²) in [5.74, 6) is 1.67. The van der Waals surface area contributed by atoms with Gasteiger partial charge in [0.1, 0.15) is 5.75 Å². The lowest BCUT2D eigenvalue weighted by atomic mass is 10.2. The van der Waals surface area contributed by atoms with Crippen molar-refractivity contribution in [3.8, 4) is 11.6 Å². The Kier molecular flexibility index (Phi) is 2.33. The Morgan fingerprint density at radius 3 is 2.53 bits per heavy atom. The molecule has 0 aliphatic carbocycles. The van der Waals surface area contributed by atoms with Gasteiger partial charge in [-0.15, -0.1) is 0 Å². The van der Waals surface area contributed by atoms with Crippen molar-refractivity contribution in [1.82, 2.24) is 4.98 Å². The number of benzene rings is 2. The van der Waals surface area contributed by atoms with Crippen LogP contribution in [0.1, 0.15) is 5.56 Å². The van der Waals surface area contributed by atoms with Gasteiger partial charge in [-0.2, -0.15) is 0 Å². The fraction of sp³-hybridized carbons (Fsp3) is 0.0667. The van der Waals surface area contributed by atoms with Crippen molar-refractivity contribution in [1.29, 1.82) is 0 Å². The zero-order chi connectivity index (χ0) is 11.7. The second-order valence-corrected chi connectivity index (χ2v) is 4.09. The lowest BCUT2D eigenvalue weighted by molar-refractivity contribution is 0.464. The Bertz CT molecular complexity index is 622. The van der Waals surface area contributed by atoms with Gasteiger partial charge >= 0.3 is 0 Å². The molecule has 3 aromatic rings. The fourth-order valence-electron chi connectivity index (χ4n) is 1.89. The second-order valence-electron chi connectivity index (χ2n) is 4.09. The van der Waals surface area contributed by atoms with Crippen molar-refractivity contribution in [2.24, 2.45) is 0 Å². The lowest BCUT2D eigenvalue weighted by Crippen LogP contribution is -1.86. The van der Waals surface area contributed by atoms with Crippen LogP contribution in [0.2, 0.25) is 0 Å². The number of nitrogens with one attached hydrogen (secondary N) is 1. The van der Waals surface area contributed by atoms with Crippen LogP contribution >= 0.6 is 0 Å². The van der Waals surface area contributed by atoms with Gasteiger partial charge in [0.25, 0.3) is 0 Å². The van der Waals surface area contributed by atoms with E-state index in [0.29, 0.717) is 0 Å². The molecule has 1 heterocycles. The van der Waals surface area contributed by atoms with Crippen LogP contribution in [-0.4, -0.2) is 4.98 Å². The van der Waals surface area contributed by atoms with E-state index in [4.69, 9.17) is 4.74 Å². The highest BCUT2D eigenvalue weighted by Crippen LogP contribution is 2.26. The Morgan fingerprint density at radius 1 is 0.941 bits per heavy atom. The molecule has 0 saturated heterocycles. The quantitative estimate of drug-likeness (QED) is 0.689. The third-order valence-corrected chi connectivity index (χ3v) is 2.82. The minimum absolute atomic E-state index is 0.778. The molecule has 1 aromatic heterocycles. The maximum absolute atomic E-state index is 5.84. The van der Waals surface area contributed by atoms with E-state index < -0.39 is 0 Å². The molecule has 17 heavy (non-hydrogen) atoms. The lowest BCUT2D eigenvalue weighted by Gasteiger charge is -2.05. The van der Waals surface area contributed by atoms with Crippen molar-refractivity contribution in [2.75, 3.05) is 0 Å². The summed E-state index contributed by atoms with van der Waals surface area (Å²) in [5, 5.41) is 1.16. The first kappa shape index (κ1) is 9.97. The third-order valence-electron chi connectivity index (χ3n) is 2.82. The van der Waals surface area contributed by atoms with Gasteiger partial charge in [-0.3, -0.25) is 0 Å². The summed E-state index contributed by atoms with van der Waals surface area (Å²) in [6, 6.07) is 18.2. The molecule has 84 valence electrons. The van der Waals surface area contributed by atoms with Gasteiger partial charge in [-0.05, 0) is 24.6 Å². The number of para-hydroxylation sites is 2. The van der Waals surface area contributed by atoms with Crippen molar-refractivity contribution in [2.45, 2.75) is 6.92 Å². The van der Waals surface area contributed by atoms with Gasteiger partial charge in [-0.1, -0.05) is 36.4 Å². The standard InChI is InChI=1S/C15H13NO/c1-11-6-2-5-9-14(11)17-15-10-12-7-3-4-8-13(12)16-15/h2-10,16H,1H3. The number of hydrogen-bond donors (Lipinski definition) is 1. The van der Waals surface area contributed by atoms with Gasteiger partial charge in [-0.25, -0.2) is 0 Å². The summed E-state index contributed by atoms with van der Waals surface area (Å²) in [6.07, 6.45) is 0. The number of ether oxygens (including phenoxy) is 1. The molecule has 2 aromatic carbocycles. The molecule has 2 nitrogen and oxygen atoms in total. The first-order chi connectivity index (χ1) is 8.33. The van der Waals surface area contributed by atoms with Gasteiger partial charge in [0, 0.05) is 17.0 Å². The molecular formula is C15H13NO. The summed E-state index contributed by atoms with van der Waals surface area (Å²) < 4.78 is 5.84. The molecular weight excluding hydrogens is 210 g/mol. The Labute approximate surface area is 99.9 Å². The zero-order valence-electron chi connectivity index (χ0n) is 9.60. The van der Waals surface area contributed by atoms with Crippen LogP contribution < -0.4 is 4.74 Å². The summed E-state index contributed by atoms with van der Waals surface area (Å²) >= 11 is 0. The van der Waals surface area contributed by atoms with E-state index >= 15 is 0 Å². The van der Waals surface area contributed by atoms with E-state index in [1.165, 1.54) is 0 Å². The van der Waals surface area contributed by atoms with Crippen LogP contribution in [0, 0.1) is 6.92 Å².